The van der Waals surface area contributed by atoms with E-state index in [1.54, 1.807) is 37.7 Å². The number of ether oxygens (including phenoxy) is 1. The Labute approximate surface area is 251 Å². The zero-order valence-electron chi connectivity index (χ0n) is 24.3. The van der Waals surface area contributed by atoms with Crippen LogP contribution in [-0.4, -0.2) is 53.5 Å². The fourth-order valence-corrected chi connectivity index (χ4v) is 5.19. The molecule has 1 unspecified atom stereocenters. The van der Waals surface area contributed by atoms with Crippen LogP contribution >= 0.6 is 0 Å². The molecule has 1 aliphatic heterocycles. The van der Waals surface area contributed by atoms with Crippen LogP contribution in [0.15, 0.2) is 67.0 Å². The van der Waals surface area contributed by atoms with E-state index < -0.39 is 11.8 Å². The summed E-state index contributed by atoms with van der Waals surface area (Å²) < 4.78 is 5.28. The standard InChI is InChI=1S/C33H35N7O3/c1-43-26-10-6-8-24(18-26)22-37-33(42)27(20-34)30-31(40-16-4-2-3-5-17-40)39-29-19-25(11-12-28(29)38-30)32(41)36-15-13-23-9-7-14-35-21-23/h6-12,14,18-19,21,27H,2-5,13,15-17,22H2,1H3,(H,36,41)(H,37,42). The molecule has 0 radical (unpaired) electrons. The highest BCUT2D eigenvalue weighted by Crippen LogP contribution is 2.29. The van der Waals surface area contributed by atoms with Gasteiger partial charge < -0.3 is 20.3 Å². The summed E-state index contributed by atoms with van der Waals surface area (Å²) in [6, 6.07) is 18.5. The highest BCUT2D eigenvalue weighted by Gasteiger charge is 2.29. The summed E-state index contributed by atoms with van der Waals surface area (Å²) in [5.74, 6) is -0.601. The SMILES string of the molecule is COc1cccc(CNC(=O)C(C#N)c2nc3ccc(C(=O)NCCc4cccnc4)cc3nc2N2CCCCCC2)c1. The number of benzene rings is 2. The lowest BCUT2D eigenvalue weighted by Gasteiger charge is -2.25. The van der Waals surface area contributed by atoms with Gasteiger partial charge >= 0.3 is 0 Å². The normalized spacial score (nSPS) is 13.9. The van der Waals surface area contributed by atoms with Gasteiger partial charge in [0.1, 0.15) is 11.4 Å². The Morgan fingerprint density at radius 2 is 1.79 bits per heavy atom. The number of methoxy groups -OCH3 is 1. The van der Waals surface area contributed by atoms with Crippen LogP contribution in [0, 0.1) is 11.3 Å². The first-order chi connectivity index (χ1) is 21.1. The number of nitriles is 1. The van der Waals surface area contributed by atoms with Crippen molar-refractivity contribution < 1.29 is 14.3 Å². The minimum absolute atomic E-state index is 0.209. The molecule has 2 aromatic heterocycles. The van der Waals surface area contributed by atoms with E-state index in [1.165, 1.54) is 0 Å². The molecule has 1 atom stereocenters. The second-order valence-corrected chi connectivity index (χ2v) is 10.5. The Bertz CT molecular complexity index is 1610. The highest BCUT2D eigenvalue weighted by atomic mass is 16.5. The van der Waals surface area contributed by atoms with E-state index in [1.807, 2.05) is 36.4 Å². The Hall–Kier alpha value is -5.04. The zero-order chi connectivity index (χ0) is 30.0. The number of pyridine rings is 1. The number of fused-ring (bicyclic) bond motifs is 1. The third kappa shape index (κ3) is 7.43. The summed E-state index contributed by atoms with van der Waals surface area (Å²) in [6.45, 7) is 2.23. The van der Waals surface area contributed by atoms with Crippen molar-refractivity contribution in [1.29, 1.82) is 5.26 Å². The van der Waals surface area contributed by atoms with Crippen molar-refractivity contribution in [2.45, 2.75) is 44.6 Å². The number of anilines is 1. The number of carbonyl (C=O) groups is 2. The Kier molecular flexibility index (Phi) is 9.74. The largest absolute Gasteiger partial charge is 0.497 e. The average molecular weight is 578 g/mol. The maximum atomic E-state index is 13.4. The number of amides is 2. The molecule has 5 rings (SSSR count). The molecular formula is C33H35N7O3. The van der Waals surface area contributed by atoms with Crippen molar-refractivity contribution in [3.63, 3.8) is 0 Å². The second-order valence-electron chi connectivity index (χ2n) is 10.5. The lowest BCUT2D eigenvalue weighted by Crippen LogP contribution is -2.32. The van der Waals surface area contributed by atoms with Gasteiger partial charge in [0.25, 0.3) is 5.91 Å². The maximum Gasteiger partial charge on any atom is 0.251 e. The van der Waals surface area contributed by atoms with Crippen molar-refractivity contribution in [3.05, 3.63) is 89.4 Å². The fourth-order valence-electron chi connectivity index (χ4n) is 5.19. The van der Waals surface area contributed by atoms with Crippen molar-refractivity contribution in [1.82, 2.24) is 25.6 Å². The Balaban J connectivity index is 1.40. The first-order valence-electron chi connectivity index (χ1n) is 14.6. The van der Waals surface area contributed by atoms with Crippen LogP contribution in [0.1, 0.15) is 58.8 Å². The van der Waals surface area contributed by atoms with Gasteiger partial charge in [-0.1, -0.05) is 31.0 Å². The number of nitrogens with one attached hydrogen (secondary N) is 2. The van der Waals surface area contributed by atoms with E-state index >= 15 is 0 Å². The van der Waals surface area contributed by atoms with Crippen LogP contribution in [0.25, 0.3) is 11.0 Å². The lowest BCUT2D eigenvalue weighted by molar-refractivity contribution is -0.121. The predicted molar refractivity (Wildman–Crippen MR) is 164 cm³/mol. The van der Waals surface area contributed by atoms with Gasteiger partial charge in [0.15, 0.2) is 11.7 Å². The van der Waals surface area contributed by atoms with Crippen LogP contribution in [0.2, 0.25) is 0 Å². The molecule has 0 spiro atoms. The van der Waals surface area contributed by atoms with Gasteiger partial charge in [0.05, 0.1) is 24.2 Å². The molecule has 2 amide bonds. The quantitative estimate of drug-likeness (QED) is 0.285. The van der Waals surface area contributed by atoms with Crippen molar-refractivity contribution in [2.75, 3.05) is 31.6 Å². The van der Waals surface area contributed by atoms with Crippen LogP contribution in [0.3, 0.4) is 0 Å². The minimum Gasteiger partial charge on any atom is -0.497 e. The number of hydrogen-bond donors (Lipinski definition) is 2. The van der Waals surface area contributed by atoms with Gasteiger partial charge in [-0.2, -0.15) is 5.26 Å². The Morgan fingerprint density at radius 1 is 0.977 bits per heavy atom. The van der Waals surface area contributed by atoms with Gasteiger partial charge in [-0.3, -0.25) is 14.6 Å². The fraction of sp³-hybridized carbons (Fsp3) is 0.333. The molecule has 10 nitrogen and oxygen atoms in total. The molecule has 0 saturated carbocycles. The Morgan fingerprint density at radius 3 is 2.53 bits per heavy atom. The molecular weight excluding hydrogens is 542 g/mol. The summed E-state index contributed by atoms with van der Waals surface area (Å²) in [7, 11) is 1.59. The third-order valence-electron chi connectivity index (χ3n) is 7.53. The van der Waals surface area contributed by atoms with Gasteiger partial charge in [-0.25, -0.2) is 9.97 Å². The first-order valence-corrected chi connectivity index (χ1v) is 14.6. The van der Waals surface area contributed by atoms with E-state index in [4.69, 9.17) is 14.7 Å². The molecule has 3 heterocycles. The van der Waals surface area contributed by atoms with E-state index in [0.717, 1.165) is 49.9 Å². The van der Waals surface area contributed by atoms with Crippen molar-refractivity contribution in [2.24, 2.45) is 0 Å². The molecule has 220 valence electrons. The number of carbonyl (C=O) groups excluding carboxylic acids is 2. The number of aromatic nitrogens is 3. The lowest BCUT2D eigenvalue weighted by atomic mass is 10.0. The van der Waals surface area contributed by atoms with Crippen LogP contribution in [0.4, 0.5) is 5.82 Å². The molecule has 0 bridgehead atoms. The van der Waals surface area contributed by atoms with Gasteiger partial charge in [-0.15, -0.1) is 0 Å². The summed E-state index contributed by atoms with van der Waals surface area (Å²) in [5.41, 5.74) is 3.75. The van der Waals surface area contributed by atoms with Crippen molar-refractivity contribution in [3.8, 4) is 11.8 Å². The molecule has 1 aliphatic rings. The first kappa shape index (κ1) is 29.5. The molecule has 2 N–H and O–H groups in total. The van der Waals surface area contributed by atoms with Crippen LogP contribution in [-0.2, 0) is 17.8 Å². The molecule has 10 heteroatoms. The molecule has 2 aromatic carbocycles. The summed E-state index contributed by atoms with van der Waals surface area (Å²) >= 11 is 0. The van der Waals surface area contributed by atoms with Gasteiger partial charge in [0.2, 0.25) is 5.91 Å². The van der Waals surface area contributed by atoms with Crippen LogP contribution in [0.5, 0.6) is 5.75 Å². The minimum atomic E-state index is -1.16. The topological polar surface area (TPSA) is 133 Å². The molecule has 1 fully saturated rings. The van der Waals surface area contributed by atoms with E-state index in [-0.39, 0.29) is 12.5 Å². The summed E-state index contributed by atoms with van der Waals surface area (Å²) in [6.07, 6.45) is 8.36. The van der Waals surface area contributed by atoms with E-state index in [0.29, 0.717) is 46.8 Å². The number of nitrogens with zero attached hydrogens (tertiary/aromatic N) is 5. The van der Waals surface area contributed by atoms with E-state index in [2.05, 4.69) is 26.6 Å². The van der Waals surface area contributed by atoms with Crippen molar-refractivity contribution >= 4 is 28.7 Å². The van der Waals surface area contributed by atoms with Gasteiger partial charge in [0, 0.05) is 44.1 Å². The molecule has 4 aromatic rings. The number of hydrogen-bond acceptors (Lipinski definition) is 8. The zero-order valence-corrected chi connectivity index (χ0v) is 24.3. The maximum absolute atomic E-state index is 13.4. The third-order valence-corrected chi connectivity index (χ3v) is 7.53. The second kappa shape index (κ2) is 14.2. The molecule has 0 aliphatic carbocycles. The summed E-state index contributed by atoms with van der Waals surface area (Å²) in [5, 5.41) is 16.0. The van der Waals surface area contributed by atoms with Gasteiger partial charge in [-0.05, 0) is 66.8 Å². The van der Waals surface area contributed by atoms with Crippen LogP contribution < -0.4 is 20.3 Å². The molecule has 1 saturated heterocycles. The molecule has 43 heavy (non-hydrogen) atoms. The monoisotopic (exact) mass is 577 g/mol. The highest BCUT2D eigenvalue weighted by molar-refractivity contribution is 5.97. The smallest absolute Gasteiger partial charge is 0.251 e. The predicted octanol–water partition coefficient (Wildman–Crippen LogP) is 4.31. The summed E-state index contributed by atoms with van der Waals surface area (Å²) in [4.78, 5) is 42.3. The number of rotatable bonds is 10. The average Bonchev–Trinajstić information content (AvgIpc) is 3.34. The van der Waals surface area contributed by atoms with E-state index in [9.17, 15) is 14.9 Å².